The van der Waals surface area contributed by atoms with Gasteiger partial charge in [-0.05, 0) is 61.9 Å². The molecule has 0 saturated heterocycles. The molecule has 1 fully saturated rings. The first-order valence-corrected chi connectivity index (χ1v) is 12.7. The summed E-state index contributed by atoms with van der Waals surface area (Å²) < 4.78 is 0. The highest BCUT2D eigenvalue weighted by molar-refractivity contribution is 5.97. The maximum absolute atomic E-state index is 12.7. The van der Waals surface area contributed by atoms with E-state index in [4.69, 9.17) is 9.97 Å². The zero-order valence-electron chi connectivity index (χ0n) is 21.5. The smallest absolute Gasteiger partial charge is 0.251 e. The molecule has 1 aromatic heterocycles. The van der Waals surface area contributed by atoms with Crippen molar-refractivity contribution >= 4 is 40.2 Å². The molecule has 3 aromatic rings. The van der Waals surface area contributed by atoms with Gasteiger partial charge in [0.1, 0.15) is 5.82 Å². The third-order valence-corrected chi connectivity index (χ3v) is 6.65. The monoisotopic (exact) mass is 488 g/mol. The number of benzene rings is 2. The highest BCUT2D eigenvalue weighted by atomic mass is 16.2. The molecule has 1 heterocycles. The molecule has 0 bridgehead atoms. The van der Waals surface area contributed by atoms with Gasteiger partial charge >= 0.3 is 0 Å². The Kier molecular flexibility index (Phi) is 8.03. The van der Waals surface area contributed by atoms with E-state index in [9.17, 15) is 9.59 Å². The minimum atomic E-state index is -0.116. The number of rotatable bonds is 8. The Hall–Kier alpha value is -3.68. The molecule has 0 aliphatic heterocycles. The Labute approximate surface area is 212 Å². The lowest BCUT2D eigenvalue weighted by Gasteiger charge is -2.29. The van der Waals surface area contributed by atoms with Crippen LogP contribution in [-0.2, 0) is 4.79 Å². The van der Waals surface area contributed by atoms with E-state index in [1.54, 1.807) is 24.3 Å². The van der Waals surface area contributed by atoms with Gasteiger partial charge in [0.25, 0.3) is 5.91 Å². The van der Waals surface area contributed by atoms with Crippen LogP contribution in [0.1, 0.15) is 49.9 Å². The van der Waals surface area contributed by atoms with E-state index in [-0.39, 0.29) is 17.7 Å². The molecule has 2 aromatic carbocycles. The Morgan fingerprint density at radius 1 is 1.00 bits per heavy atom. The van der Waals surface area contributed by atoms with Crippen LogP contribution in [0.4, 0.5) is 17.5 Å². The third-order valence-electron chi connectivity index (χ3n) is 6.65. The van der Waals surface area contributed by atoms with Gasteiger partial charge in [0.15, 0.2) is 0 Å². The molecule has 2 amide bonds. The number of aromatic nitrogens is 2. The summed E-state index contributed by atoms with van der Waals surface area (Å²) in [5, 5.41) is 10.5. The quantitative estimate of drug-likeness (QED) is 0.425. The number of nitrogens with one attached hydrogen (secondary N) is 3. The van der Waals surface area contributed by atoms with Gasteiger partial charge in [-0.15, -0.1) is 0 Å². The van der Waals surface area contributed by atoms with Crippen LogP contribution in [0.25, 0.3) is 10.9 Å². The van der Waals surface area contributed by atoms with Crippen LogP contribution < -0.4 is 20.9 Å². The first-order valence-electron chi connectivity index (χ1n) is 12.7. The van der Waals surface area contributed by atoms with Crippen LogP contribution in [0.3, 0.4) is 0 Å². The third kappa shape index (κ3) is 6.30. The summed E-state index contributed by atoms with van der Waals surface area (Å²) in [7, 11) is 3.99. The standard InChI is InChI=1S/C28H36N6O2/c1-18(2)26(35)30-22-9-7-8-20(16-22)27(36)29-17-19-12-14-21(15-13-19)31-28-32-24-11-6-5-10-23(24)25(33-28)34(3)4/h5-11,16,18-19,21H,12-15,17H2,1-4H3,(H,29,36)(H,30,35)(H,31,32,33)/t19-,21+. The molecule has 1 aliphatic carbocycles. The number of nitrogens with zero attached hydrogens (tertiary/aromatic N) is 3. The Morgan fingerprint density at radius 2 is 1.75 bits per heavy atom. The summed E-state index contributed by atoms with van der Waals surface area (Å²) >= 11 is 0. The second-order valence-corrected chi connectivity index (χ2v) is 10.1. The molecular weight excluding hydrogens is 452 g/mol. The molecule has 1 saturated carbocycles. The highest BCUT2D eigenvalue weighted by Crippen LogP contribution is 2.28. The fourth-order valence-electron chi connectivity index (χ4n) is 4.52. The number of anilines is 3. The fourth-order valence-corrected chi connectivity index (χ4v) is 4.52. The number of para-hydroxylation sites is 1. The van der Waals surface area contributed by atoms with Gasteiger partial charge in [-0.3, -0.25) is 9.59 Å². The number of hydrogen-bond donors (Lipinski definition) is 3. The van der Waals surface area contributed by atoms with Crippen molar-refractivity contribution in [3.8, 4) is 0 Å². The summed E-state index contributed by atoms with van der Waals surface area (Å²) in [4.78, 5) is 36.2. The van der Waals surface area contributed by atoms with Crippen LogP contribution in [0.5, 0.6) is 0 Å². The normalized spacial score (nSPS) is 17.6. The molecule has 0 atom stereocenters. The molecule has 8 heteroatoms. The summed E-state index contributed by atoms with van der Waals surface area (Å²) in [5.74, 6) is 1.72. The average molecular weight is 489 g/mol. The molecule has 0 spiro atoms. The lowest BCUT2D eigenvalue weighted by atomic mass is 9.86. The minimum Gasteiger partial charge on any atom is -0.362 e. The number of carbonyl (C=O) groups is 2. The van der Waals surface area contributed by atoms with Gasteiger partial charge in [0.2, 0.25) is 11.9 Å². The summed E-state index contributed by atoms with van der Waals surface area (Å²) in [6, 6.07) is 15.5. The second kappa shape index (κ2) is 11.4. The van der Waals surface area contributed by atoms with Crippen LogP contribution >= 0.6 is 0 Å². The average Bonchev–Trinajstić information content (AvgIpc) is 2.87. The van der Waals surface area contributed by atoms with Crippen molar-refractivity contribution in [3.63, 3.8) is 0 Å². The van der Waals surface area contributed by atoms with Gasteiger partial charge in [0.05, 0.1) is 5.52 Å². The zero-order chi connectivity index (χ0) is 25.7. The maximum atomic E-state index is 12.7. The van der Waals surface area contributed by atoms with E-state index in [1.165, 1.54) is 0 Å². The number of hydrogen-bond acceptors (Lipinski definition) is 6. The molecule has 3 N–H and O–H groups in total. The number of amides is 2. The first-order chi connectivity index (χ1) is 17.3. The predicted molar refractivity (Wildman–Crippen MR) is 145 cm³/mol. The Morgan fingerprint density at radius 3 is 2.47 bits per heavy atom. The molecule has 8 nitrogen and oxygen atoms in total. The molecule has 4 rings (SSSR count). The van der Waals surface area contributed by atoms with Crippen LogP contribution in [0.2, 0.25) is 0 Å². The van der Waals surface area contributed by atoms with Crippen molar-refractivity contribution in [1.82, 2.24) is 15.3 Å². The Balaban J connectivity index is 1.28. The van der Waals surface area contributed by atoms with Crippen LogP contribution in [0, 0.1) is 11.8 Å². The molecule has 0 radical (unpaired) electrons. The molecular formula is C28H36N6O2. The van der Waals surface area contributed by atoms with Gasteiger partial charge in [-0.25, -0.2) is 4.98 Å². The van der Waals surface area contributed by atoms with Crippen LogP contribution in [-0.4, -0.2) is 48.5 Å². The van der Waals surface area contributed by atoms with Crippen molar-refractivity contribution < 1.29 is 9.59 Å². The highest BCUT2D eigenvalue weighted by Gasteiger charge is 2.23. The largest absolute Gasteiger partial charge is 0.362 e. The van der Waals surface area contributed by atoms with Crippen molar-refractivity contribution in [3.05, 3.63) is 54.1 Å². The summed E-state index contributed by atoms with van der Waals surface area (Å²) in [6.07, 6.45) is 4.06. The first kappa shape index (κ1) is 25.4. The summed E-state index contributed by atoms with van der Waals surface area (Å²) in [5.41, 5.74) is 2.13. The SMILES string of the molecule is CC(C)C(=O)Nc1cccc(C(=O)NC[C@H]2CC[C@@H](Nc3nc(N(C)C)c4ccccc4n3)CC2)c1. The van der Waals surface area contributed by atoms with E-state index in [0.29, 0.717) is 35.7 Å². The number of fused-ring (bicyclic) bond motifs is 1. The minimum absolute atomic E-state index is 0.0649. The van der Waals surface area contributed by atoms with E-state index in [2.05, 4.69) is 16.0 Å². The molecule has 190 valence electrons. The van der Waals surface area contributed by atoms with Gasteiger partial charge in [-0.1, -0.05) is 32.0 Å². The fraction of sp³-hybridized carbons (Fsp3) is 0.429. The molecule has 1 aliphatic rings. The topological polar surface area (TPSA) is 99.2 Å². The van der Waals surface area contributed by atoms with Crippen molar-refractivity contribution in [2.24, 2.45) is 11.8 Å². The van der Waals surface area contributed by atoms with E-state index in [1.807, 2.05) is 57.1 Å². The second-order valence-electron chi connectivity index (χ2n) is 10.1. The predicted octanol–water partition coefficient (Wildman–Crippen LogP) is 4.69. The maximum Gasteiger partial charge on any atom is 0.251 e. The lowest BCUT2D eigenvalue weighted by molar-refractivity contribution is -0.118. The van der Waals surface area contributed by atoms with E-state index >= 15 is 0 Å². The lowest BCUT2D eigenvalue weighted by Crippen LogP contribution is -2.34. The van der Waals surface area contributed by atoms with Gasteiger partial charge in [0, 0.05) is 49.2 Å². The van der Waals surface area contributed by atoms with E-state index in [0.717, 1.165) is 42.4 Å². The number of carbonyl (C=O) groups excluding carboxylic acids is 2. The van der Waals surface area contributed by atoms with Gasteiger partial charge in [-0.2, -0.15) is 4.98 Å². The van der Waals surface area contributed by atoms with Crippen molar-refractivity contribution in [2.75, 3.05) is 36.2 Å². The van der Waals surface area contributed by atoms with Crippen LogP contribution in [0.15, 0.2) is 48.5 Å². The zero-order valence-corrected chi connectivity index (χ0v) is 21.5. The molecule has 36 heavy (non-hydrogen) atoms. The summed E-state index contributed by atoms with van der Waals surface area (Å²) in [6.45, 7) is 4.32. The van der Waals surface area contributed by atoms with Gasteiger partial charge < -0.3 is 20.9 Å². The Bertz CT molecular complexity index is 1220. The van der Waals surface area contributed by atoms with E-state index < -0.39 is 0 Å². The van der Waals surface area contributed by atoms with Crippen molar-refractivity contribution in [1.29, 1.82) is 0 Å². The van der Waals surface area contributed by atoms with Crippen molar-refractivity contribution in [2.45, 2.75) is 45.6 Å². The molecule has 0 unspecified atom stereocenters.